The summed E-state index contributed by atoms with van der Waals surface area (Å²) in [6.45, 7) is 12.5. The number of hydrogen-bond acceptors (Lipinski definition) is 7. The second kappa shape index (κ2) is 11.4. The highest BCUT2D eigenvalue weighted by atomic mass is 16.6. The number of nitroso groups, excluding NO2 is 1. The highest BCUT2D eigenvalue weighted by molar-refractivity contribution is 5.94. The van der Waals surface area contributed by atoms with E-state index in [9.17, 15) is 24.4 Å². The van der Waals surface area contributed by atoms with Crippen molar-refractivity contribution in [3.05, 3.63) is 50.7 Å². The average molecular weight is 528 g/mol. The molecule has 0 saturated heterocycles. The minimum absolute atomic E-state index is 0.0572. The van der Waals surface area contributed by atoms with Crippen molar-refractivity contribution >= 4 is 12.0 Å². The van der Waals surface area contributed by atoms with Crippen LogP contribution >= 0.6 is 0 Å². The minimum Gasteiger partial charge on any atom is -0.504 e. The summed E-state index contributed by atoms with van der Waals surface area (Å²) in [5.41, 5.74) is 0.482. The van der Waals surface area contributed by atoms with E-state index in [1.54, 1.807) is 12.1 Å². The lowest BCUT2D eigenvalue weighted by Gasteiger charge is -2.39. The highest BCUT2D eigenvalue weighted by Gasteiger charge is 2.34. The summed E-state index contributed by atoms with van der Waals surface area (Å²) in [5.74, 6) is -0.801. The van der Waals surface area contributed by atoms with Crippen LogP contribution in [0.1, 0.15) is 82.8 Å². The van der Waals surface area contributed by atoms with Gasteiger partial charge in [0, 0.05) is 35.6 Å². The van der Waals surface area contributed by atoms with Crippen molar-refractivity contribution in [3.63, 3.8) is 0 Å². The van der Waals surface area contributed by atoms with E-state index in [1.165, 1.54) is 12.3 Å². The number of amides is 2. The summed E-state index contributed by atoms with van der Waals surface area (Å²) in [5, 5.41) is 15.8. The fourth-order valence-electron chi connectivity index (χ4n) is 4.49. The van der Waals surface area contributed by atoms with Crippen molar-refractivity contribution in [2.45, 2.75) is 78.9 Å². The number of benzene rings is 1. The molecule has 3 rings (SSSR count). The second-order valence-corrected chi connectivity index (χ2v) is 11.6. The Morgan fingerprint density at radius 2 is 1.82 bits per heavy atom. The number of aromatic nitrogens is 1. The van der Waals surface area contributed by atoms with Crippen LogP contribution in [-0.2, 0) is 11.2 Å². The van der Waals surface area contributed by atoms with E-state index in [4.69, 9.17) is 9.47 Å². The molecule has 2 amide bonds. The van der Waals surface area contributed by atoms with Crippen molar-refractivity contribution in [1.29, 1.82) is 0 Å². The molecule has 1 aromatic carbocycles. The Balaban J connectivity index is 1.71. The van der Waals surface area contributed by atoms with Crippen LogP contribution in [0.25, 0.3) is 11.3 Å². The van der Waals surface area contributed by atoms with Gasteiger partial charge in [0.2, 0.25) is 0 Å². The van der Waals surface area contributed by atoms with Gasteiger partial charge < -0.3 is 24.5 Å². The van der Waals surface area contributed by atoms with E-state index in [-0.39, 0.29) is 22.8 Å². The first kappa shape index (κ1) is 28.9. The number of pyridine rings is 1. The summed E-state index contributed by atoms with van der Waals surface area (Å²) >= 11 is 0. The Morgan fingerprint density at radius 3 is 2.45 bits per heavy atom. The number of aromatic hydroxyl groups is 1. The lowest BCUT2D eigenvalue weighted by Crippen LogP contribution is -2.33. The number of alkyl carbamates (subject to hydrolysis) is 1. The zero-order valence-electron chi connectivity index (χ0n) is 22.9. The van der Waals surface area contributed by atoms with Gasteiger partial charge in [-0.2, -0.15) is 0 Å². The van der Waals surface area contributed by atoms with Crippen LogP contribution in [0.5, 0.6) is 11.5 Å². The summed E-state index contributed by atoms with van der Waals surface area (Å²) in [6, 6.07) is 4.56. The van der Waals surface area contributed by atoms with Crippen molar-refractivity contribution in [2.24, 2.45) is 10.6 Å². The van der Waals surface area contributed by atoms with Crippen molar-refractivity contribution < 1.29 is 24.2 Å². The van der Waals surface area contributed by atoms with Crippen LogP contribution in [0.3, 0.4) is 0 Å². The molecule has 10 nitrogen and oxygen atoms in total. The smallest absolute Gasteiger partial charge is 0.407 e. The van der Waals surface area contributed by atoms with Crippen LogP contribution in [-0.4, -0.2) is 40.4 Å². The molecule has 0 aliphatic carbocycles. The van der Waals surface area contributed by atoms with Gasteiger partial charge in [-0.15, -0.1) is 4.91 Å². The second-order valence-electron chi connectivity index (χ2n) is 11.6. The fraction of sp³-hybridized carbons (Fsp3) is 0.536. The largest absolute Gasteiger partial charge is 0.504 e. The topological polar surface area (TPSA) is 136 Å². The van der Waals surface area contributed by atoms with Gasteiger partial charge in [-0.3, -0.25) is 9.59 Å². The molecular formula is C28H37N3O7. The number of nitrogens with one attached hydrogen (secondary N) is 1. The number of unbranched alkanes of at least 4 members (excludes halogenated alkanes) is 2. The number of carbonyl (C=O) groups is 2. The zero-order valence-corrected chi connectivity index (χ0v) is 22.9. The quantitative estimate of drug-likeness (QED) is 0.349. The highest BCUT2D eigenvalue weighted by Crippen LogP contribution is 2.45. The van der Waals surface area contributed by atoms with Crippen molar-refractivity contribution in [2.75, 3.05) is 13.2 Å². The molecule has 2 aromatic rings. The molecule has 1 aliphatic rings. The monoisotopic (exact) mass is 527 g/mol. The molecule has 0 spiro atoms. The van der Waals surface area contributed by atoms with Gasteiger partial charge in [-0.1, -0.05) is 20.8 Å². The Hall–Kier alpha value is -3.69. The standard InChI is InChI=1S/C28H37N3O7/c1-27(2,3)24-13-17-12-23(37-11-9-7-8-10-29-26(35)38-28(4,5)6)22(33)14-18(17)20-15-21(32)19(16-31(20)24)25(34)30-36/h12,14-16,24,33H,7-11,13H2,1-6H3,(H,29,35). The number of fused-ring (bicyclic) bond motifs is 3. The predicted molar refractivity (Wildman–Crippen MR) is 144 cm³/mol. The molecule has 10 heteroatoms. The number of rotatable bonds is 8. The molecule has 2 N–H and O–H groups in total. The first-order chi connectivity index (χ1) is 17.7. The molecule has 0 fully saturated rings. The Morgan fingerprint density at radius 1 is 1.11 bits per heavy atom. The van der Waals surface area contributed by atoms with E-state index < -0.39 is 23.0 Å². The van der Waals surface area contributed by atoms with Crippen molar-refractivity contribution in [3.8, 4) is 22.8 Å². The number of phenolic OH excluding ortho intramolecular Hbond substituents is 1. The molecule has 0 saturated carbocycles. The maximum atomic E-state index is 12.6. The fourth-order valence-corrected chi connectivity index (χ4v) is 4.49. The van der Waals surface area contributed by atoms with Gasteiger partial charge in [0.05, 0.1) is 12.3 Å². The van der Waals surface area contributed by atoms with E-state index in [1.807, 2.05) is 25.3 Å². The maximum Gasteiger partial charge on any atom is 0.407 e. The van der Waals surface area contributed by atoms with Gasteiger partial charge >= 0.3 is 12.0 Å². The average Bonchev–Trinajstić information content (AvgIpc) is 2.80. The Bertz CT molecular complexity index is 1270. The molecule has 0 bridgehead atoms. The molecular weight excluding hydrogens is 490 g/mol. The van der Waals surface area contributed by atoms with E-state index in [0.29, 0.717) is 36.6 Å². The van der Waals surface area contributed by atoms with Crippen LogP contribution in [0.4, 0.5) is 4.79 Å². The molecule has 1 atom stereocenters. The first-order valence-electron chi connectivity index (χ1n) is 12.8. The van der Waals surface area contributed by atoms with Gasteiger partial charge in [-0.25, -0.2) is 4.79 Å². The summed E-state index contributed by atoms with van der Waals surface area (Å²) < 4.78 is 12.9. The van der Waals surface area contributed by atoms with Gasteiger partial charge in [0.25, 0.3) is 0 Å². The van der Waals surface area contributed by atoms with Gasteiger partial charge in [0.15, 0.2) is 16.9 Å². The van der Waals surface area contributed by atoms with Gasteiger partial charge in [0.1, 0.15) is 11.2 Å². The number of carbonyl (C=O) groups excluding carboxylic acids is 2. The lowest BCUT2D eigenvalue weighted by molar-refractivity contribution is 0.0526. The minimum atomic E-state index is -1.10. The van der Waals surface area contributed by atoms with E-state index in [2.05, 4.69) is 31.3 Å². The molecule has 2 heterocycles. The van der Waals surface area contributed by atoms with Crippen LogP contribution < -0.4 is 15.5 Å². The van der Waals surface area contributed by atoms with Gasteiger partial charge in [-0.05, 0) is 69.6 Å². The predicted octanol–water partition coefficient (Wildman–Crippen LogP) is 5.34. The van der Waals surface area contributed by atoms with Crippen LogP contribution in [0.2, 0.25) is 0 Å². The molecule has 1 unspecified atom stereocenters. The molecule has 38 heavy (non-hydrogen) atoms. The van der Waals surface area contributed by atoms with Crippen molar-refractivity contribution in [1.82, 2.24) is 9.88 Å². The third-order valence-electron chi connectivity index (χ3n) is 6.35. The van der Waals surface area contributed by atoms with Crippen LogP contribution in [0, 0.1) is 10.3 Å². The lowest BCUT2D eigenvalue weighted by atomic mass is 9.78. The summed E-state index contributed by atoms with van der Waals surface area (Å²) in [7, 11) is 0. The molecule has 1 aromatic heterocycles. The third-order valence-corrected chi connectivity index (χ3v) is 6.35. The molecule has 1 aliphatic heterocycles. The number of nitrogens with zero attached hydrogens (tertiary/aromatic N) is 2. The number of hydrogen-bond donors (Lipinski definition) is 2. The SMILES string of the molecule is CC(C)(C)OC(=O)NCCCCCOc1cc2c(cc1O)-c1cc(=O)c(C(=O)N=O)cn1C(C(C)(C)C)C2. The van der Waals surface area contributed by atoms with E-state index >= 15 is 0 Å². The summed E-state index contributed by atoms with van der Waals surface area (Å²) in [6.07, 6.45) is 3.86. The maximum absolute atomic E-state index is 12.6. The number of phenols is 1. The van der Waals surface area contributed by atoms with Crippen LogP contribution in [0.15, 0.2) is 34.4 Å². The molecule has 206 valence electrons. The molecule has 0 radical (unpaired) electrons. The van der Waals surface area contributed by atoms with E-state index in [0.717, 1.165) is 24.8 Å². The summed E-state index contributed by atoms with van der Waals surface area (Å²) in [4.78, 5) is 47.0. The Kier molecular flexibility index (Phi) is 8.64. The first-order valence-corrected chi connectivity index (χ1v) is 12.8. The zero-order chi connectivity index (χ0) is 28.3. The third kappa shape index (κ3) is 6.99. The number of ether oxygens (including phenoxy) is 2. The normalized spacial score (nSPS) is 14.7. The Labute approximate surface area is 222 Å².